The average molecular weight is 302 g/mol. The molecule has 0 N–H and O–H groups in total. The fourth-order valence-electron chi connectivity index (χ4n) is 1.23. The normalized spacial score (nSPS) is 11.5. The maximum Gasteiger partial charge on any atom is 0.0781 e. The summed E-state index contributed by atoms with van der Waals surface area (Å²) in [5, 5.41) is 6.69. The monoisotopic (exact) mass is 302 g/mol. The predicted molar refractivity (Wildman–Crippen MR) is 75.9 cm³/mol. The topological polar surface area (TPSA) is 134 Å². The van der Waals surface area contributed by atoms with Crippen LogP contribution in [0, 0.1) is 0 Å². The fourth-order valence-corrected chi connectivity index (χ4v) is 1.23. The summed E-state index contributed by atoms with van der Waals surface area (Å²) in [5.74, 6) is 0. The van der Waals surface area contributed by atoms with Crippen LogP contribution in [0.4, 0.5) is 0 Å². The molecule has 0 saturated carbocycles. The first-order chi connectivity index (χ1) is 10.3. The van der Waals surface area contributed by atoms with Gasteiger partial charge in [0.25, 0.3) is 0 Å². The Kier molecular flexibility index (Phi) is 15.3. The lowest BCUT2D eigenvalue weighted by Gasteiger charge is -2.13. The second kappa shape index (κ2) is 16.5. The van der Waals surface area contributed by atoms with Crippen LogP contribution in [-0.4, -0.2) is 65.4 Å². The standard InChI is InChI=1S/C11H22N6O4/c1-11(21-9-8-19-5-3-15-17-13)10-20-7-6-18-4-2-14-16-12/h11H,2-10H2,1H3. The van der Waals surface area contributed by atoms with Gasteiger partial charge in [0.15, 0.2) is 0 Å². The van der Waals surface area contributed by atoms with Gasteiger partial charge in [-0.3, -0.25) is 0 Å². The molecule has 0 bridgehead atoms. The third kappa shape index (κ3) is 16.4. The summed E-state index contributed by atoms with van der Waals surface area (Å²) in [4.78, 5) is 5.23. The van der Waals surface area contributed by atoms with Gasteiger partial charge in [0.1, 0.15) is 0 Å². The molecule has 1 atom stereocenters. The van der Waals surface area contributed by atoms with Gasteiger partial charge in [0, 0.05) is 22.9 Å². The van der Waals surface area contributed by atoms with E-state index in [4.69, 9.17) is 30.0 Å². The smallest absolute Gasteiger partial charge is 0.0781 e. The Morgan fingerprint density at radius 3 is 1.90 bits per heavy atom. The Morgan fingerprint density at radius 2 is 1.33 bits per heavy atom. The molecule has 0 aliphatic rings. The molecule has 1 unspecified atom stereocenters. The highest BCUT2D eigenvalue weighted by Crippen LogP contribution is 1.93. The van der Waals surface area contributed by atoms with E-state index in [1.165, 1.54) is 0 Å². The average Bonchev–Trinajstić information content (AvgIpc) is 2.49. The molecular weight excluding hydrogens is 280 g/mol. The maximum atomic E-state index is 8.05. The van der Waals surface area contributed by atoms with Crippen molar-refractivity contribution in [3.05, 3.63) is 20.9 Å². The van der Waals surface area contributed by atoms with Crippen LogP contribution in [0.2, 0.25) is 0 Å². The first-order valence-electron chi connectivity index (χ1n) is 6.67. The molecular formula is C11H22N6O4. The highest BCUT2D eigenvalue weighted by atomic mass is 16.6. The van der Waals surface area contributed by atoms with E-state index < -0.39 is 0 Å². The number of azide groups is 2. The van der Waals surface area contributed by atoms with E-state index in [2.05, 4.69) is 20.1 Å². The molecule has 0 radical (unpaired) electrons. The van der Waals surface area contributed by atoms with Crippen LogP contribution in [0.25, 0.3) is 20.9 Å². The van der Waals surface area contributed by atoms with E-state index in [0.717, 1.165) is 0 Å². The number of nitrogens with zero attached hydrogens (tertiary/aromatic N) is 6. The van der Waals surface area contributed by atoms with Crippen molar-refractivity contribution >= 4 is 0 Å². The number of ether oxygens (including phenoxy) is 4. The van der Waals surface area contributed by atoms with Gasteiger partial charge in [-0.15, -0.1) is 0 Å². The summed E-state index contributed by atoms with van der Waals surface area (Å²) >= 11 is 0. The molecule has 0 rings (SSSR count). The minimum absolute atomic E-state index is 0.0334. The zero-order valence-corrected chi connectivity index (χ0v) is 12.3. The van der Waals surface area contributed by atoms with Crippen molar-refractivity contribution in [2.45, 2.75) is 13.0 Å². The molecule has 21 heavy (non-hydrogen) atoms. The predicted octanol–water partition coefficient (Wildman–Crippen LogP) is 2.06. The number of hydrogen-bond donors (Lipinski definition) is 0. The molecule has 0 heterocycles. The van der Waals surface area contributed by atoms with Gasteiger partial charge in [-0.1, -0.05) is 10.2 Å². The van der Waals surface area contributed by atoms with Crippen LogP contribution in [0.3, 0.4) is 0 Å². The molecule has 0 aromatic rings. The summed E-state index contributed by atoms with van der Waals surface area (Å²) in [6.07, 6.45) is -0.0334. The molecule has 0 aliphatic carbocycles. The summed E-state index contributed by atoms with van der Waals surface area (Å²) < 4.78 is 21.2. The molecule has 0 spiro atoms. The lowest BCUT2D eigenvalue weighted by molar-refractivity contribution is -0.0387. The van der Waals surface area contributed by atoms with E-state index in [-0.39, 0.29) is 6.10 Å². The van der Waals surface area contributed by atoms with E-state index in [1.54, 1.807) is 0 Å². The Balaban J connectivity index is 3.21. The Bertz CT molecular complexity index is 331. The number of hydrogen-bond acceptors (Lipinski definition) is 6. The molecule has 0 aromatic heterocycles. The largest absolute Gasteiger partial charge is 0.379 e. The van der Waals surface area contributed by atoms with Crippen molar-refractivity contribution < 1.29 is 18.9 Å². The second-order valence-electron chi connectivity index (χ2n) is 3.89. The quantitative estimate of drug-likeness (QED) is 0.198. The SMILES string of the molecule is CC(COCCOCCN=[N+]=[N-])OCCOCCN=[N+]=[N-]. The summed E-state index contributed by atoms with van der Waals surface area (Å²) in [6.45, 7) is 5.66. The molecule has 0 saturated heterocycles. The van der Waals surface area contributed by atoms with Crippen LogP contribution in [0.15, 0.2) is 10.2 Å². The van der Waals surface area contributed by atoms with E-state index in [1.807, 2.05) is 6.92 Å². The van der Waals surface area contributed by atoms with Crippen molar-refractivity contribution in [2.24, 2.45) is 10.2 Å². The van der Waals surface area contributed by atoms with Crippen LogP contribution in [0.1, 0.15) is 6.92 Å². The molecule has 10 nitrogen and oxygen atoms in total. The van der Waals surface area contributed by atoms with E-state index in [9.17, 15) is 0 Å². The summed E-state index contributed by atoms with van der Waals surface area (Å²) in [7, 11) is 0. The van der Waals surface area contributed by atoms with Crippen LogP contribution in [0.5, 0.6) is 0 Å². The summed E-state index contributed by atoms with van der Waals surface area (Å²) in [5.41, 5.74) is 16.1. The van der Waals surface area contributed by atoms with Gasteiger partial charge in [-0.05, 0) is 18.0 Å². The van der Waals surface area contributed by atoms with Crippen molar-refractivity contribution in [3.63, 3.8) is 0 Å². The lowest BCUT2D eigenvalue weighted by atomic mass is 10.4. The van der Waals surface area contributed by atoms with Gasteiger partial charge < -0.3 is 18.9 Å². The summed E-state index contributed by atoms with van der Waals surface area (Å²) in [6, 6.07) is 0. The Morgan fingerprint density at radius 1 is 0.810 bits per heavy atom. The van der Waals surface area contributed by atoms with Gasteiger partial charge in [-0.2, -0.15) is 0 Å². The van der Waals surface area contributed by atoms with Crippen LogP contribution < -0.4 is 0 Å². The highest BCUT2D eigenvalue weighted by molar-refractivity contribution is 4.49. The van der Waals surface area contributed by atoms with E-state index in [0.29, 0.717) is 59.3 Å². The maximum absolute atomic E-state index is 8.05. The van der Waals surface area contributed by atoms with Crippen LogP contribution >= 0.6 is 0 Å². The van der Waals surface area contributed by atoms with Gasteiger partial charge in [0.05, 0.1) is 52.4 Å². The first kappa shape index (κ1) is 19.5. The first-order valence-corrected chi connectivity index (χ1v) is 6.67. The van der Waals surface area contributed by atoms with Crippen molar-refractivity contribution in [1.29, 1.82) is 0 Å². The lowest BCUT2D eigenvalue weighted by Crippen LogP contribution is -2.20. The van der Waals surface area contributed by atoms with Crippen LogP contribution in [-0.2, 0) is 18.9 Å². The van der Waals surface area contributed by atoms with E-state index >= 15 is 0 Å². The highest BCUT2D eigenvalue weighted by Gasteiger charge is 2.02. The third-order valence-electron chi connectivity index (χ3n) is 2.15. The molecule has 0 aliphatic heterocycles. The Labute approximate surface area is 123 Å². The van der Waals surface area contributed by atoms with Gasteiger partial charge >= 0.3 is 0 Å². The fraction of sp³-hybridized carbons (Fsp3) is 1.00. The molecule has 120 valence electrons. The molecule has 0 amide bonds. The van der Waals surface area contributed by atoms with Gasteiger partial charge in [-0.25, -0.2) is 0 Å². The zero-order valence-electron chi connectivity index (χ0n) is 12.3. The minimum Gasteiger partial charge on any atom is -0.379 e. The Hall–Kier alpha value is -1.54. The minimum atomic E-state index is -0.0334. The van der Waals surface area contributed by atoms with Gasteiger partial charge in [0.2, 0.25) is 0 Å². The van der Waals surface area contributed by atoms with Crippen molar-refractivity contribution in [1.82, 2.24) is 0 Å². The van der Waals surface area contributed by atoms with Crippen molar-refractivity contribution in [3.8, 4) is 0 Å². The zero-order chi connectivity index (χ0) is 15.6. The number of rotatable bonds is 15. The van der Waals surface area contributed by atoms with Crippen molar-refractivity contribution in [2.75, 3.05) is 59.3 Å². The second-order valence-corrected chi connectivity index (χ2v) is 3.89. The third-order valence-corrected chi connectivity index (χ3v) is 2.15. The molecule has 10 heteroatoms. The molecule has 0 aromatic carbocycles. The molecule has 0 fully saturated rings.